The van der Waals surface area contributed by atoms with Gasteiger partial charge in [-0.2, -0.15) is 0 Å². The van der Waals surface area contributed by atoms with E-state index in [0.29, 0.717) is 12.5 Å². The van der Waals surface area contributed by atoms with Crippen molar-refractivity contribution >= 4 is 27.1 Å². The van der Waals surface area contributed by atoms with Crippen LogP contribution in [0, 0.1) is 11.8 Å². The molecule has 2 aliphatic carbocycles. The van der Waals surface area contributed by atoms with Gasteiger partial charge in [-0.1, -0.05) is 48.6 Å². The molecule has 5 rings (SSSR count). The molecule has 2 unspecified atom stereocenters. The molecule has 2 aromatic heterocycles. The summed E-state index contributed by atoms with van der Waals surface area (Å²) in [5, 5.41) is 0.752. The van der Waals surface area contributed by atoms with Crippen molar-refractivity contribution in [3.8, 4) is 0 Å². The van der Waals surface area contributed by atoms with Gasteiger partial charge < -0.3 is 0 Å². The van der Waals surface area contributed by atoms with E-state index in [-0.39, 0.29) is 5.56 Å². The summed E-state index contributed by atoms with van der Waals surface area (Å²) in [6.45, 7) is 0.659. The highest BCUT2D eigenvalue weighted by molar-refractivity contribution is 7.19. The molecule has 0 N–H and O–H groups in total. The molecule has 0 saturated heterocycles. The lowest BCUT2D eigenvalue weighted by Crippen LogP contribution is -2.20. The normalized spacial score (nSPS) is 21.3. The summed E-state index contributed by atoms with van der Waals surface area (Å²) < 4.78 is 1.74. The first-order valence-electron chi connectivity index (χ1n) is 9.18. The van der Waals surface area contributed by atoms with Gasteiger partial charge in [0.05, 0.1) is 11.7 Å². The Kier molecular flexibility index (Phi) is 3.86. The lowest BCUT2D eigenvalue weighted by molar-refractivity contribution is 0.663. The van der Waals surface area contributed by atoms with Crippen LogP contribution in [-0.4, -0.2) is 9.55 Å². The molecule has 0 bridgehead atoms. The predicted molar refractivity (Wildman–Crippen MR) is 107 cm³/mol. The average Bonchev–Trinajstić information content (AvgIpc) is 3.30. The van der Waals surface area contributed by atoms with Crippen molar-refractivity contribution < 1.29 is 0 Å². The third-order valence-corrected chi connectivity index (χ3v) is 6.46. The molecule has 4 heteroatoms. The van der Waals surface area contributed by atoms with E-state index in [9.17, 15) is 4.79 Å². The summed E-state index contributed by atoms with van der Waals surface area (Å²) in [6, 6.07) is 12.3. The van der Waals surface area contributed by atoms with Crippen molar-refractivity contribution in [1.29, 1.82) is 0 Å². The molecule has 3 nitrogen and oxygen atoms in total. The molecule has 3 aromatic rings. The summed E-state index contributed by atoms with van der Waals surface area (Å²) >= 11 is 1.64. The van der Waals surface area contributed by atoms with Gasteiger partial charge >= 0.3 is 0 Å². The van der Waals surface area contributed by atoms with E-state index in [2.05, 4.69) is 41.4 Å². The van der Waals surface area contributed by atoms with E-state index in [4.69, 9.17) is 0 Å². The number of benzene rings is 1. The second-order valence-corrected chi connectivity index (χ2v) is 8.23. The summed E-state index contributed by atoms with van der Waals surface area (Å²) in [6.07, 6.45) is 11.8. The molecule has 1 fully saturated rings. The lowest BCUT2D eigenvalue weighted by Gasteiger charge is -2.05. The fourth-order valence-corrected chi connectivity index (χ4v) is 4.72. The quantitative estimate of drug-likeness (QED) is 0.633. The molecule has 0 spiro atoms. The molecule has 2 heterocycles. The van der Waals surface area contributed by atoms with Crippen LogP contribution in [0.4, 0.5) is 0 Å². The summed E-state index contributed by atoms with van der Waals surface area (Å²) in [5.41, 5.74) is 2.66. The van der Waals surface area contributed by atoms with Crippen LogP contribution in [-0.2, 0) is 13.0 Å². The molecule has 2 aliphatic rings. The second-order valence-electron chi connectivity index (χ2n) is 7.20. The van der Waals surface area contributed by atoms with Crippen molar-refractivity contribution in [2.45, 2.75) is 25.8 Å². The number of aromatic nitrogens is 2. The average molecular weight is 360 g/mol. The molecule has 0 amide bonds. The number of thiophene rings is 1. The third-order valence-electron chi connectivity index (χ3n) is 5.35. The number of allylic oxidation sites excluding steroid dienone is 4. The number of hydrogen-bond donors (Lipinski definition) is 0. The Morgan fingerprint density at radius 2 is 2.08 bits per heavy atom. The Balaban J connectivity index is 1.45. The smallest absolute Gasteiger partial charge is 0.262 e. The van der Waals surface area contributed by atoms with Gasteiger partial charge in [0.15, 0.2) is 0 Å². The van der Waals surface area contributed by atoms with E-state index < -0.39 is 0 Å². The van der Waals surface area contributed by atoms with Gasteiger partial charge in [0.2, 0.25) is 0 Å². The topological polar surface area (TPSA) is 34.9 Å². The molecule has 0 aliphatic heterocycles. The van der Waals surface area contributed by atoms with Gasteiger partial charge in [-0.15, -0.1) is 11.3 Å². The van der Waals surface area contributed by atoms with Gasteiger partial charge in [0, 0.05) is 11.4 Å². The first-order valence-corrected chi connectivity index (χ1v) is 10.0. The van der Waals surface area contributed by atoms with Crippen molar-refractivity contribution in [3.63, 3.8) is 0 Å². The maximum Gasteiger partial charge on any atom is 0.262 e. The molecular weight excluding hydrogens is 340 g/mol. The Hall–Kier alpha value is -2.46. The van der Waals surface area contributed by atoms with E-state index in [1.807, 2.05) is 18.2 Å². The molecular formula is C22H20N2OS. The maximum atomic E-state index is 12.9. The van der Waals surface area contributed by atoms with Crippen LogP contribution in [0.3, 0.4) is 0 Å². The highest BCUT2D eigenvalue weighted by Gasteiger charge is 2.34. The van der Waals surface area contributed by atoms with E-state index >= 15 is 0 Å². The molecule has 26 heavy (non-hydrogen) atoms. The van der Waals surface area contributed by atoms with E-state index in [0.717, 1.165) is 29.0 Å². The standard InChI is InChI=1S/C22H20N2OS/c25-22-19-13-20(17-8-4-7-16-11-18(16)12-17)26-21(19)23-14-24(22)10-9-15-5-2-1-3-6-15/h1-7,12-14,16,18H,8-11H2. The van der Waals surface area contributed by atoms with Gasteiger partial charge in [-0.05, 0) is 48.3 Å². The van der Waals surface area contributed by atoms with Crippen molar-refractivity contribution in [1.82, 2.24) is 9.55 Å². The van der Waals surface area contributed by atoms with Gasteiger partial charge in [-0.25, -0.2) is 4.98 Å². The lowest BCUT2D eigenvalue weighted by atomic mass is 10.1. The van der Waals surface area contributed by atoms with Crippen LogP contribution in [0.15, 0.2) is 65.7 Å². The van der Waals surface area contributed by atoms with Gasteiger partial charge in [0.25, 0.3) is 5.56 Å². The minimum atomic E-state index is 0.0718. The van der Waals surface area contributed by atoms with Crippen molar-refractivity contribution in [3.05, 3.63) is 81.7 Å². The minimum absolute atomic E-state index is 0.0718. The highest BCUT2D eigenvalue weighted by Crippen LogP contribution is 2.45. The molecule has 1 saturated carbocycles. The predicted octanol–water partition coefficient (Wildman–Crippen LogP) is 4.68. The largest absolute Gasteiger partial charge is 0.298 e. The second kappa shape index (κ2) is 6.36. The van der Waals surface area contributed by atoms with E-state index in [1.54, 1.807) is 22.2 Å². The zero-order valence-electron chi connectivity index (χ0n) is 14.5. The fraction of sp³-hybridized carbons (Fsp3) is 0.273. The van der Waals surface area contributed by atoms with Crippen molar-refractivity contribution in [2.75, 3.05) is 0 Å². The first-order chi connectivity index (χ1) is 12.8. The van der Waals surface area contributed by atoms with Crippen LogP contribution >= 0.6 is 11.3 Å². The molecule has 130 valence electrons. The van der Waals surface area contributed by atoms with Crippen LogP contribution in [0.1, 0.15) is 23.3 Å². The van der Waals surface area contributed by atoms with Crippen LogP contribution in [0.25, 0.3) is 15.8 Å². The minimum Gasteiger partial charge on any atom is -0.298 e. The maximum absolute atomic E-state index is 12.9. The molecule has 0 radical (unpaired) electrons. The van der Waals surface area contributed by atoms with Crippen LogP contribution in [0.2, 0.25) is 0 Å². The van der Waals surface area contributed by atoms with Gasteiger partial charge in [0.1, 0.15) is 4.83 Å². The number of aryl methyl sites for hydroxylation is 2. The van der Waals surface area contributed by atoms with Gasteiger partial charge in [-0.3, -0.25) is 9.36 Å². The zero-order valence-corrected chi connectivity index (χ0v) is 15.3. The van der Waals surface area contributed by atoms with Crippen molar-refractivity contribution in [2.24, 2.45) is 11.8 Å². The summed E-state index contributed by atoms with van der Waals surface area (Å²) in [4.78, 5) is 19.5. The zero-order chi connectivity index (χ0) is 17.5. The third kappa shape index (κ3) is 2.95. The fourth-order valence-electron chi connectivity index (χ4n) is 3.70. The van der Waals surface area contributed by atoms with Crippen LogP contribution in [0.5, 0.6) is 0 Å². The summed E-state index contributed by atoms with van der Waals surface area (Å²) in [5.74, 6) is 1.44. The molecule has 2 atom stereocenters. The molecule has 1 aromatic carbocycles. The summed E-state index contributed by atoms with van der Waals surface area (Å²) in [7, 11) is 0. The Labute approximate surface area is 156 Å². The highest BCUT2D eigenvalue weighted by atomic mass is 32.1. The number of fused-ring (bicyclic) bond motifs is 2. The monoisotopic (exact) mass is 360 g/mol. The SMILES string of the molecule is O=c1c2cc(C3=CC4CC4C=CC3)sc2ncn1CCc1ccccc1. The Morgan fingerprint density at radius 3 is 2.96 bits per heavy atom. The van der Waals surface area contributed by atoms with E-state index in [1.165, 1.54) is 22.4 Å². The number of hydrogen-bond acceptors (Lipinski definition) is 3. The number of nitrogens with zero attached hydrogens (tertiary/aromatic N) is 2. The Morgan fingerprint density at radius 1 is 1.19 bits per heavy atom. The Bertz CT molecular complexity index is 1070. The first kappa shape index (κ1) is 15.8. The number of rotatable bonds is 4. The van der Waals surface area contributed by atoms with Crippen LogP contribution < -0.4 is 5.56 Å².